The van der Waals surface area contributed by atoms with Crippen LogP contribution >= 0.6 is 11.3 Å². The molecule has 2 aromatic rings. The lowest BCUT2D eigenvalue weighted by atomic mass is 10.3. The Balaban J connectivity index is 0.000000200. The van der Waals surface area contributed by atoms with Gasteiger partial charge in [0.2, 0.25) is 5.88 Å². The number of methoxy groups -OCH3 is 1. The predicted octanol–water partition coefficient (Wildman–Crippen LogP) is 1.58. The Morgan fingerprint density at radius 1 is 1.32 bits per heavy atom. The Morgan fingerprint density at radius 2 is 2.05 bits per heavy atom. The maximum atomic E-state index is 12.7. The van der Waals surface area contributed by atoms with Crippen LogP contribution in [0.15, 0.2) is 18.5 Å². The van der Waals surface area contributed by atoms with Crippen LogP contribution in [0.2, 0.25) is 0 Å². The van der Waals surface area contributed by atoms with Crippen molar-refractivity contribution in [1.82, 2.24) is 9.97 Å². The number of pyridine rings is 1. The number of anilines is 1. The van der Waals surface area contributed by atoms with Crippen molar-refractivity contribution in [3.63, 3.8) is 0 Å². The van der Waals surface area contributed by atoms with E-state index >= 15 is 0 Å². The van der Waals surface area contributed by atoms with E-state index in [9.17, 15) is 14.0 Å². The molecule has 0 aliphatic rings. The summed E-state index contributed by atoms with van der Waals surface area (Å²) in [4.78, 5) is 27.8. The molecule has 0 atom stereocenters. The molecule has 2 N–H and O–H groups in total. The Labute approximate surface area is 112 Å². The summed E-state index contributed by atoms with van der Waals surface area (Å²) < 4.78 is 17.2. The topological polar surface area (TPSA) is 95.2 Å². The maximum Gasteiger partial charge on any atom is 0.250 e. The molecule has 0 unspecified atom stereocenters. The molecule has 0 bridgehead atoms. The van der Waals surface area contributed by atoms with Crippen molar-refractivity contribution in [1.29, 1.82) is 0 Å². The highest BCUT2D eigenvalue weighted by Crippen LogP contribution is 2.12. The number of thiazole rings is 1. The van der Waals surface area contributed by atoms with Gasteiger partial charge in [-0.05, 0) is 6.07 Å². The summed E-state index contributed by atoms with van der Waals surface area (Å²) in [5, 5.41) is 0.437. The minimum atomic E-state index is -0.628. The number of hydrogen-bond donors (Lipinski definition) is 1. The van der Waals surface area contributed by atoms with E-state index < -0.39 is 5.82 Å². The normalized spacial score (nSPS) is 9.16. The van der Waals surface area contributed by atoms with E-state index in [4.69, 9.17) is 5.73 Å². The molecule has 0 aromatic carbocycles. The summed E-state index contributed by atoms with van der Waals surface area (Å²) in [5.74, 6) is -0.729. The number of nitrogen functional groups attached to an aromatic ring is 1. The molecule has 2 rings (SSSR count). The van der Waals surface area contributed by atoms with Gasteiger partial charge in [0.15, 0.2) is 23.5 Å². The fraction of sp³-hybridized carbons (Fsp3) is 0.0909. The highest BCUT2D eigenvalue weighted by molar-refractivity contribution is 7.16. The first-order valence-corrected chi connectivity index (χ1v) is 5.73. The molecule has 19 heavy (non-hydrogen) atoms. The van der Waals surface area contributed by atoms with Crippen molar-refractivity contribution in [3.05, 3.63) is 34.7 Å². The number of ether oxygens (including phenoxy) is 1. The summed E-state index contributed by atoms with van der Waals surface area (Å²) in [6, 6.07) is 1.07. The molecular weight excluding hydrogens is 273 g/mol. The number of nitrogens with two attached hydrogens (primary N) is 1. The first-order valence-electron chi connectivity index (χ1n) is 4.92. The Kier molecular flexibility index (Phi) is 5.55. The van der Waals surface area contributed by atoms with Gasteiger partial charge in [0.1, 0.15) is 0 Å². The number of hydrogen-bond acceptors (Lipinski definition) is 7. The number of aromatic nitrogens is 2. The fourth-order valence-electron chi connectivity index (χ4n) is 1.01. The molecule has 0 saturated carbocycles. The third-order valence-electron chi connectivity index (χ3n) is 1.82. The average Bonchev–Trinajstić information content (AvgIpc) is 2.85. The second-order valence-corrected chi connectivity index (χ2v) is 4.19. The van der Waals surface area contributed by atoms with Crippen LogP contribution < -0.4 is 10.5 Å². The summed E-state index contributed by atoms with van der Waals surface area (Å²) >= 11 is 1.19. The minimum Gasteiger partial charge on any atom is -0.479 e. The SMILES string of the molecule is COc1ncc(C=O)cc1F.Nc1ncc(C=O)s1. The van der Waals surface area contributed by atoms with Gasteiger partial charge >= 0.3 is 0 Å². The molecule has 0 fully saturated rings. The molecule has 2 heterocycles. The van der Waals surface area contributed by atoms with Gasteiger partial charge in [0.05, 0.1) is 18.2 Å². The van der Waals surface area contributed by atoms with Crippen LogP contribution in [0.25, 0.3) is 0 Å². The summed E-state index contributed by atoms with van der Waals surface area (Å²) in [7, 11) is 1.31. The molecule has 6 nitrogen and oxygen atoms in total. The summed E-state index contributed by atoms with van der Waals surface area (Å²) in [6.07, 6.45) is 3.95. The largest absolute Gasteiger partial charge is 0.479 e. The molecule has 0 aliphatic carbocycles. The molecule has 0 aliphatic heterocycles. The highest BCUT2D eigenvalue weighted by atomic mass is 32.1. The number of carbonyl (C=O) groups excluding carboxylic acids is 2. The summed E-state index contributed by atoms with van der Waals surface area (Å²) in [5.41, 5.74) is 5.40. The zero-order valence-electron chi connectivity index (χ0n) is 9.87. The third kappa shape index (κ3) is 4.43. The van der Waals surface area contributed by atoms with Crippen molar-refractivity contribution in [3.8, 4) is 5.88 Å². The molecule has 0 amide bonds. The molecule has 0 spiro atoms. The van der Waals surface area contributed by atoms with E-state index in [1.807, 2.05) is 0 Å². The van der Waals surface area contributed by atoms with Crippen LogP contribution in [0.5, 0.6) is 5.88 Å². The van der Waals surface area contributed by atoms with Crippen LogP contribution in [0.3, 0.4) is 0 Å². The second kappa shape index (κ2) is 7.17. The van der Waals surface area contributed by atoms with Gasteiger partial charge in [-0.25, -0.2) is 14.4 Å². The predicted molar refractivity (Wildman–Crippen MR) is 68.0 cm³/mol. The lowest BCUT2D eigenvalue weighted by molar-refractivity contribution is 0.111. The second-order valence-electron chi connectivity index (χ2n) is 3.10. The van der Waals surface area contributed by atoms with Gasteiger partial charge in [-0.2, -0.15) is 0 Å². The van der Waals surface area contributed by atoms with Crippen molar-refractivity contribution < 1.29 is 18.7 Å². The molecule has 0 radical (unpaired) electrons. The first-order chi connectivity index (χ1) is 9.10. The van der Waals surface area contributed by atoms with E-state index in [2.05, 4.69) is 14.7 Å². The monoisotopic (exact) mass is 283 g/mol. The van der Waals surface area contributed by atoms with Crippen LogP contribution in [0.4, 0.5) is 9.52 Å². The van der Waals surface area contributed by atoms with Gasteiger partial charge in [-0.1, -0.05) is 11.3 Å². The summed E-state index contributed by atoms with van der Waals surface area (Å²) in [6.45, 7) is 0. The fourth-order valence-corrected chi connectivity index (χ4v) is 1.51. The van der Waals surface area contributed by atoms with Crippen LogP contribution in [0.1, 0.15) is 20.0 Å². The first kappa shape index (κ1) is 14.7. The van der Waals surface area contributed by atoms with E-state index in [1.165, 1.54) is 30.8 Å². The van der Waals surface area contributed by atoms with Crippen molar-refractivity contribution in [2.75, 3.05) is 12.8 Å². The lowest BCUT2D eigenvalue weighted by Crippen LogP contribution is -1.93. The molecule has 8 heteroatoms. The maximum absolute atomic E-state index is 12.7. The molecule has 0 saturated heterocycles. The van der Waals surface area contributed by atoms with Gasteiger partial charge in [-0.15, -0.1) is 0 Å². The van der Waals surface area contributed by atoms with Crippen molar-refractivity contribution in [2.45, 2.75) is 0 Å². The van der Waals surface area contributed by atoms with Crippen molar-refractivity contribution >= 4 is 29.0 Å². The third-order valence-corrected chi connectivity index (χ3v) is 2.57. The Morgan fingerprint density at radius 3 is 2.42 bits per heavy atom. The zero-order valence-corrected chi connectivity index (χ0v) is 10.7. The molecule has 2 aromatic heterocycles. The van der Waals surface area contributed by atoms with Gasteiger partial charge in [0, 0.05) is 11.8 Å². The van der Waals surface area contributed by atoms with Gasteiger partial charge in [-0.3, -0.25) is 9.59 Å². The Hall–Kier alpha value is -2.35. The van der Waals surface area contributed by atoms with Crippen LogP contribution in [-0.4, -0.2) is 29.7 Å². The molecular formula is C11H10FN3O3S. The van der Waals surface area contributed by atoms with E-state index in [0.717, 1.165) is 12.4 Å². The van der Waals surface area contributed by atoms with Gasteiger partial charge in [0.25, 0.3) is 0 Å². The van der Waals surface area contributed by atoms with Crippen molar-refractivity contribution in [2.24, 2.45) is 0 Å². The zero-order chi connectivity index (χ0) is 14.3. The van der Waals surface area contributed by atoms with E-state index in [0.29, 0.717) is 16.3 Å². The number of aldehydes is 2. The number of carbonyl (C=O) groups is 2. The smallest absolute Gasteiger partial charge is 0.250 e. The molecule has 100 valence electrons. The lowest BCUT2D eigenvalue weighted by Gasteiger charge is -1.98. The average molecular weight is 283 g/mol. The van der Waals surface area contributed by atoms with Gasteiger partial charge < -0.3 is 10.5 Å². The van der Waals surface area contributed by atoms with Crippen LogP contribution in [-0.2, 0) is 0 Å². The highest BCUT2D eigenvalue weighted by Gasteiger charge is 2.03. The number of nitrogens with zero attached hydrogens (tertiary/aromatic N) is 2. The Bertz CT molecular complexity index is 574. The number of rotatable bonds is 3. The van der Waals surface area contributed by atoms with E-state index in [1.54, 1.807) is 0 Å². The van der Waals surface area contributed by atoms with Crippen LogP contribution in [0, 0.1) is 5.82 Å². The standard InChI is InChI=1S/C7H6FNO2.C4H4N2OS/c1-11-7-6(8)2-5(4-10)3-9-7;5-4-6-1-3(2-7)8-4/h2-4H,1H3;1-2H,(H2,5,6). The van der Waals surface area contributed by atoms with E-state index in [-0.39, 0.29) is 11.4 Å². The minimum absolute atomic E-state index is 0.101. The quantitative estimate of drug-likeness (QED) is 0.859. The number of halogens is 1.